The molecule has 1 spiro atoms. The molecule has 19 heavy (non-hydrogen) atoms. The molecule has 0 amide bonds. The lowest BCUT2D eigenvalue weighted by Gasteiger charge is -2.53. The Bertz CT molecular complexity index is 414. The SMILES string of the molecule is Cc1ccc(C(C)NC2CCC23CCCCC3)cc1. The van der Waals surface area contributed by atoms with E-state index in [0.29, 0.717) is 11.5 Å². The third-order valence-corrected chi connectivity index (χ3v) is 5.55. The molecule has 2 aliphatic rings. The Balaban J connectivity index is 1.63. The van der Waals surface area contributed by atoms with Crippen molar-refractivity contribution in [3.05, 3.63) is 35.4 Å². The Morgan fingerprint density at radius 3 is 2.32 bits per heavy atom. The summed E-state index contributed by atoms with van der Waals surface area (Å²) in [5, 5.41) is 3.91. The molecule has 1 nitrogen and oxygen atoms in total. The molecule has 0 aliphatic heterocycles. The Labute approximate surface area is 117 Å². The molecule has 1 heteroatoms. The monoisotopic (exact) mass is 257 g/mol. The Morgan fingerprint density at radius 2 is 1.74 bits per heavy atom. The minimum atomic E-state index is 0.490. The predicted octanol–water partition coefficient (Wildman–Crippen LogP) is 4.76. The zero-order valence-corrected chi connectivity index (χ0v) is 12.4. The predicted molar refractivity (Wildman–Crippen MR) is 81.3 cm³/mol. The van der Waals surface area contributed by atoms with Crippen LogP contribution in [0, 0.1) is 12.3 Å². The van der Waals surface area contributed by atoms with Gasteiger partial charge in [0.25, 0.3) is 0 Å². The highest BCUT2D eigenvalue weighted by atomic mass is 15.0. The Hall–Kier alpha value is -0.820. The van der Waals surface area contributed by atoms with Gasteiger partial charge in [-0.3, -0.25) is 0 Å². The highest BCUT2D eigenvalue weighted by Gasteiger charge is 2.46. The average molecular weight is 257 g/mol. The summed E-state index contributed by atoms with van der Waals surface area (Å²) in [5.41, 5.74) is 3.45. The maximum absolute atomic E-state index is 3.91. The van der Waals surface area contributed by atoms with Gasteiger partial charge in [-0.15, -0.1) is 0 Å². The molecule has 1 aromatic carbocycles. The zero-order valence-electron chi connectivity index (χ0n) is 12.4. The highest BCUT2D eigenvalue weighted by Crippen LogP contribution is 2.52. The highest BCUT2D eigenvalue weighted by molar-refractivity contribution is 5.24. The summed E-state index contributed by atoms with van der Waals surface area (Å²) in [6, 6.07) is 10.3. The van der Waals surface area contributed by atoms with Crippen molar-refractivity contribution in [3.8, 4) is 0 Å². The summed E-state index contributed by atoms with van der Waals surface area (Å²) in [7, 11) is 0. The van der Waals surface area contributed by atoms with Crippen LogP contribution in [0.4, 0.5) is 0 Å². The first-order valence-electron chi connectivity index (χ1n) is 8.02. The van der Waals surface area contributed by atoms with Crippen molar-refractivity contribution >= 4 is 0 Å². The van der Waals surface area contributed by atoms with Crippen molar-refractivity contribution in [2.24, 2.45) is 5.41 Å². The second kappa shape index (κ2) is 5.28. The Kier molecular flexibility index (Phi) is 3.66. The largest absolute Gasteiger partial charge is 0.307 e. The van der Waals surface area contributed by atoms with Gasteiger partial charge in [0.05, 0.1) is 0 Å². The lowest BCUT2D eigenvalue weighted by Crippen LogP contribution is -2.54. The maximum Gasteiger partial charge on any atom is 0.0294 e. The van der Waals surface area contributed by atoms with E-state index in [1.807, 2.05) is 0 Å². The van der Waals surface area contributed by atoms with E-state index in [-0.39, 0.29) is 0 Å². The number of rotatable bonds is 3. The van der Waals surface area contributed by atoms with Crippen LogP contribution < -0.4 is 5.32 Å². The van der Waals surface area contributed by atoms with Crippen molar-refractivity contribution in [1.29, 1.82) is 0 Å². The van der Waals surface area contributed by atoms with E-state index in [9.17, 15) is 0 Å². The van der Waals surface area contributed by atoms with Gasteiger partial charge in [0.1, 0.15) is 0 Å². The van der Waals surface area contributed by atoms with E-state index in [1.165, 1.54) is 56.1 Å². The van der Waals surface area contributed by atoms with E-state index in [4.69, 9.17) is 0 Å². The zero-order chi connectivity index (χ0) is 13.3. The number of hydrogen-bond donors (Lipinski definition) is 1. The third kappa shape index (κ3) is 2.58. The molecule has 0 heterocycles. The lowest BCUT2D eigenvalue weighted by molar-refractivity contribution is 0.0174. The summed E-state index contributed by atoms with van der Waals surface area (Å²) < 4.78 is 0. The molecule has 0 radical (unpaired) electrons. The van der Waals surface area contributed by atoms with Crippen LogP contribution in [-0.2, 0) is 0 Å². The Morgan fingerprint density at radius 1 is 1.05 bits per heavy atom. The number of hydrogen-bond acceptors (Lipinski definition) is 1. The molecule has 2 fully saturated rings. The van der Waals surface area contributed by atoms with Crippen LogP contribution in [0.1, 0.15) is 69.0 Å². The van der Waals surface area contributed by atoms with E-state index >= 15 is 0 Å². The lowest BCUT2D eigenvalue weighted by atomic mass is 9.57. The van der Waals surface area contributed by atoms with Gasteiger partial charge < -0.3 is 5.32 Å². The van der Waals surface area contributed by atoms with Gasteiger partial charge in [0.15, 0.2) is 0 Å². The topological polar surface area (TPSA) is 12.0 Å². The molecular formula is C18H27N. The van der Waals surface area contributed by atoms with Crippen LogP contribution in [0.25, 0.3) is 0 Å². The fraction of sp³-hybridized carbons (Fsp3) is 0.667. The second-order valence-electron chi connectivity index (χ2n) is 6.81. The van der Waals surface area contributed by atoms with Crippen LogP contribution in [-0.4, -0.2) is 6.04 Å². The molecule has 2 saturated carbocycles. The molecule has 1 aromatic rings. The third-order valence-electron chi connectivity index (χ3n) is 5.55. The average Bonchev–Trinajstić information content (AvgIpc) is 2.45. The molecule has 104 valence electrons. The molecule has 2 unspecified atom stereocenters. The van der Waals surface area contributed by atoms with E-state index in [2.05, 4.69) is 43.4 Å². The van der Waals surface area contributed by atoms with Crippen LogP contribution in [0.5, 0.6) is 0 Å². The van der Waals surface area contributed by atoms with Gasteiger partial charge in [-0.25, -0.2) is 0 Å². The standard InChI is InChI=1S/C18H27N/c1-14-6-8-16(9-7-14)15(2)19-17-10-13-18(17)11-4-3-5-12-18/h6-9,15,17,19H,3-5,10-13H2,1-2H3. The van der Waals surface area contributed by atoms with Crippen molar-refractivity contribution in [1.82, 2.24) is 5.32 Å². The minimum Gasteiger partial charge on any atom is -0.307 e. The summed E-state index contributed by atoms with van der Waals surface area (Å²) >= 11 is 0. The number of aryl methyl sites for hydroxylation is 1. The van der Waals surface area contributed by atoms with Crippen molar-refractivity contribution < 1.29 is 0 Å². The molecule has 2 atom stereocenters. The van der Waals surface area contributed by atoms with E-state index < -0.39 is 0 Å². The smallest absolute Gasteiger partial charge is 0.0294 e. The van der Waals surface area contributed by atoms with Gasteiger partial charge in [-0.2, -0.15) is 0 Å². The molecule has 2 aliphatic carbocycles. The normalized spacial score (nSPS) is 26.9. The van der Waals surface area contributed by atoms with Crippen LogP contribution in [0.2, 0.25) is 0 Å². The van der Waals surface area contributed by atoms with Gasteiger partial charge >= 0.3 is 0 Å². The first kappa shape index (κ1) is 13.2. The van der Waals surface area contributed by atoms with Crippen molar-refractivity contribution in [2.75, 3.05) is 0 Å². The minimum absolute atomic E-state index is 0.490. The van der Waals surface area contributed by atoms with Gasteiger partial charge in [-0.05, 0) is 50.5 Å². The number of benzene rings is 1. The first-order valence-corrected chi connectivity index (χ1v) is 8.02. The van der Waals surface area contributed by atoms with Gasteiger partial charge in [-0.1, -0.05) is 49.1 Å². The van der Waals surface area contributed by atoms with E-state index in [0.717, 1.165) is 6.04 Å². The molecule has 0 saturated heterocycles. The van der Waals surface area contributed by atoms with Crippen molar-refractivity contribution in [3.63, 3.8) is 0 Å². The van der Waals surface area contributed by atoms with Crippen LogP contribution in [0.15, 0.2) is 24.3 Å². The summed E-state index contributed by atoms with van der Waals surface area (Å²) in [4.78, 5) is 0. The molecule has 0 bridgehead atoms. The van der Waals surface area contributed by atoms with E-state index in [1.54, 1.807) is 0 Å². The quantitative estimate of drug-likeness (QED) is 0.823. The molecule has 3 rings (SSSR count). The second-order valence-corrected chi connectivity index (χ2v) is 6.81. The van der Waals surface area contributed by atoms with Gasteiger partial charge in [0, 0.05) is 12.1 Å². The van der Waals surface area contributed by atoms with Crippen LogP contribution >= 0.6 is 0 Å². The van der Waals surface area contributed by atoms with Crippen molar-refractivity contribution in [2.45, 2.75) is 70.9 Å². The first-order chi connectivity index (χ1) is 9.20. The summed E-state index contributed by atoms with van der Waals surface area (Å²) in [5.74, 6) is 0. The molecular weight excluding hydrogens is 230 g/mol. The molecule has 0 aromatic heterocycles. The summed E-state index contributed by atoms with van der Waals surface area (Å²) in [6.07, 6.45) is 10.1. The molecule has 1 N–H and O–H groups in total. The van der Waals surface area contributed by atoms with Crippen LogP contribution in [0.3, 0.4) is 0 Å². The maximum atomic E-state index is 3.91. The fourth-order valence-corrected chi connectivity index (χ4v) is 4.06. The number of nitrogens with one attached hydrogen (secondary N) is 1. The fourth-order valence-electron chi connectivity index (χ4n) is 4.06. The summed E-state index contributed by atoms with van der Waals surface area (Å²) in [6.45, 7) is 4.48. The van der Waals surface area contributed by atoms with Gasteiger partial charge in [0.2, 0.25) is 0 Å².